The zero-order valence-electron chi connectivity index (χ0n) is 13.1. The number of aryl methyl sites for hydroxylation is 2. The predicted molar refractivity (Wildman–Crippen MR) is 79.2 cm³/mol. The first-order valence-electron chi connectivity index (χ1n) is 7.11. The van der Waals surface area contributed by atoms with Crippen molar-refractivity contribution in [2.75, 3.05) is 26.8 Å². The SMILES string of the molecule is COCCNCC(CCc1ccnn1C)C(C)(C)C. The summed E-state index contributed by atoms with van der Waals surface area (Å²) < 4.78 is 7.04. The van der Waals surface area contributed by atoms with E-state index in [1.807, 2.05) is 17.9 Å². The van der Waals surface area contributed by atoms with Crippen molar-refractivity contribution in [1.29, 1.82) is 0 Å². The molecule has 0 aliphatic heterocycles. The largest absolute Gasteiger partial charge is 0.383 e. The Kier molecular flexibility index (Phi) is 6.52. The Labute approximate surface area is 117 Å². The van der Waals surface area contributed by atoms with E-state index in [2.05, 4.69) is 37.3 Å². The fraction of sp³-hybridized carbons (Fsp3) is 0.800. The van der Waals surface area contributed by atoms with Gasteiger partial charge in [0.15, 0.2) is 0 Å². The van der Waals surface area contributed by atoms with Gasteiger partial charge >= 0.3 is 0 Å². The normalized spacial score (nSPS) is 13.7. The second kappa shape index (κ2) is 7.65. The number of rotatable bonds is 8. The molecule has 0 aliphatic carbocycles. The standard InChI is InChI=1S/C15H29N3O/c1-15(2,3)13(12-16-10-11-19-5)6-7-14-8-9-17-18(14)4/h8-9,13,16H,6-7,10-12H2,1-5H3. The maximum Gasteiger partial charge on any atom is 0.0587 e. The second-order valence-electron chi connectivity index (χ2n) is 6.24. The molecule has 0 bridgehead atoms. The Morgan fingerprint density at radius 1 is 1.42 bits per heavy atom. The van der Waals surface area contributed by atoms with Crippen LogP contribution in [0.2, 0.25) is 0 Å². The van der Waals surface area contributed by atoms with Gasteiger partial charge in [0, 0.05) is 32.6 Å². The summed E-state index contributed by atoms with van der Waals surface area (Å²) in [5.74, 6) is 0.652. The van der Waals surface area contributed by atoms with Crippen LogP contribution in [-0.2, 0) is 18.2 Å². The summed E-state index contributed by atoms with van der Waals surface area (Å²) in [6.07, 6.45) is 4.14. The Bertz CT molecular complexity index is 355. The average molecular weight is 267 g/mol. The molecule has 0 saturated carbocycles. The van der Waals surface area contributed by atoms with Crippen molar-refractivity contribution in [3.05, 3.63) is 18.0 Å². The first-order chi connectivity index (χ1) is 8.95. The molecule has 0 fully saturated rings. The molecule has 1 unspecified atom stereocenters. The van der Waals surface area contributed by atoms with E-state index in [0.29, 0.717) is 11.3 Å². The molecule has 0 amide bonds. The molecule has 0 radical (unpaired) electrons. The third-order valence-electron chi connectivity index (χ3n) is 3.77. The Hall–Kier alpha value is -0.870. The van der Waals surface area contributed by atoms with Gasteiger partial charge in [-0.2, -0.15) is 5.10 Å². The van der Waals surface area contributed by atoms with Crippen molar-refractivity contribution in [2.24, 2.45) is 18.4 Å². The first kappa shape index (κ1) is 16.2. The highest BCUT2D eigenvalue weighted by Gasteiger charge is 2.24. The number of nitrogens with zero attached hydrogens (tertiary/aromatic N) is 2. The van der Waals surface area contributed by atoms with Crippen LogP contribution >= 0.6 is 0 Å². The summed E-state index contributed by atoms with van der Waals surface area (Å²) in [5, 5.41) is 7.72. The number of ether oxygens (including phenoxy) is 1. The van der Waals surface area contributed by atoms with E-state index in [4.69, 9.17) is 4.74 Å². The Morgan fingerprint density at radius 3 is 2.68 bits per heavy atom. The smallest absolute Gasteiger partial charge is 0.0587 e. The van der Waals surface area contributed by atoms with Crippen LogP contribution in [0.1, 0.15) is 32.9 Å². The number of aromatic nitrogens is 2. The van der Waals surface area contributed by atoms with E-state index < -0.39 is 0 Å². The lowest BCUT2D eigenvalue weighted by atomic mass is 9.78. The molecule has 1 heterocycles. The number of hydrogen-bond acceptors (Lipinski definition) is 3. The van der Waals surface area contributed by atoms with Crippen LogP contribution in [0.15, 0.2) is 12.3 Å². The fourth-order valence-electron chi connectivity index (χ4n) is 2.26. The average Bonchev–Trinajstić information content (AvgIpc) is 2.72. The molecule has 0 saturated heterocycles. The van der Waals surface area contributed by atoms with Crippen molar-refractivity contribution < 1.29 is 4.74 Å². The van der Waals surface area contributed by atoms with Crippen LogP contribution in [0, 0.1) is 11.3 Å². The van der Waals surface area contributed by atoms with Gasteiger partial charge in [0.1, 0.15) is 0 Å². The van der Waals surface area contributed by atoms with E-state index in [-0.39, 0.29) is 0 Å². The molecule has 4 nitrogen and oxygen atoms in total. The maximum atomic E-state index is 5.07. The van der Waals surface area contributed by atoms with E-state index >= 15 is 0 Å². The van der Waals surface area contributed by atoms with Gasteiger partial charge in [0.25, 0.3) is 0 Å². The molecule has 1 atom stereocenters. The first-order valence-corrected chi connectivity index (χ1v) is 7.11. The zero-order chi connectivity index (χ0) is 14.3. The van der Waals surface area contributed by atoms with Gasteiger partial charge in [-0.25, -0.2) is 0 Å². The van der Waals surface area contributed by atoms with E-state index in [1.165, 1.54) is 12.1 Å². The molecular weight excluding hydrogens is 238 g/mol. The third kappa shape index (κ3) is 5.74. The van der Waals surface area contributed by atoms with Crippen LogP contribution < -0.4 is 5.32 Å². The topological polar surface area (TPSA) is 39.1 Å². The highest BCUT2D eigenvalue weighted by Crippen LogP contribution is 2.29. The monoisotopic (exact) mass is 267 g/mol. The fourth-order valence-corrected chi connectivity index (χ4v) is 2.26. The lowest BCUT2D eigenvalue weighted by Crippen LogP contribution is -2.33. The molecule has 19 heavy (non-hydrogen) atoms. The predicted octanol–water partition coefficient (Wildman–Crippen LogP) is 2.25. The van der Waals surface area contributed by atoms with Crippen LogP contribution in [-0.4, -0.2) is 36.6 Å². The molecule has 0 spiro atoms. The lowest BCUT2D eigenvalue weighted by Gasteiger charge is -2.31. The van der Waals surface area contributed by atoms with E-state index in [0.717, 1.165) is 26.1 Å². The van der Waals surface area contributed by atoms with E-state index in [1.54, 1.807) is 7.11 Å². The van der Waals surface area contributed by atoms with Gasteiger partial charge < -0.3 is 10.1 Å². The number of methoxy groups -OCH3 is 1. The second-order valence-corrected chi connectivity index (χ2v) is 6.24. The van der Waals surface area contributed by atoms with Crippen LogP contribution in [0.25, 0.3) is 0 Å². The highest BCUT2D eigenvalue weighted by molar-refractivity contribution is 5.00. The van der Waals surface area contributed by atoms with Crippen molar-refractivity contribution in [1.82, 2.24) is 15.1 Å². The highest BCUT2D eigenvalue weighted by atomic mass is 16.5. The molecule has 1 N–H and O–H groups in total. The minimum atomic E-state index is 0.318. The van der Waals surface area contributed by atoms with Crippen molar-refractivity contribution in [3.63, 3.8) is 0 Å². The summed E-state index contributed by atoms with van der Waals surface area (Å²) in [4.78, 5) is 0. The summed E-state index contributed by atoms with van der Waals surface area (Å²) in [5.41, 5.74) is 1.63. The Morgan fingerprint density at radius 2 is 2.16 bits per heavy atom. The summed E-state index contributed by atoms with van der Waals surface area (Å²) in [6, 6.07) is 2.11. The molecule has 1 aromatic heterocycles. The maximum absolute atomic E-state index is 5.07. The lowest BCUT2D eigenvalue weighted by molar-refractivity contribution is 0.183. The molecule has 110 valence electrons. The van der Waals surface area contributed by atoms with Gasteiger partial charge in [0.2, 0.25) is 0 Å². The minimum absolute atomic E-state index is 0.318. The van der Waals surface area contributed by atoms with Gasteiger partial charge in [-0.1, -0.05) is 20.8 Å². The molecule has 0 aromatic carbocycles. The molecule has 1 rings (SSSR count). The number of hydrogen-bond donors (Lipinski definition) is 1. The van der Waals surface area contributed by atoms with Crippen molar-refractivity contribution >= 4 is 0 Å². The van der Waals surface area contributed by atoms with Crippen molar-refractivity contribution in [3.8, 4) is 0 Å². The quantitative estimate of drug-likeness (QED) is 0.734. The number of nitrogens with one attached hydrogen (secondary N) is 1. The van der Waals surface area contributed by atoms with Gasteiger partial charge in [0.05, 0.1) is 6.61 Å². The van der Waals surface area contributed by atoms with Crippen LogP contribution in [0.4, 0.5) is 0 Å². The summed E-state index contributed by atoms with van der Waals surface area (Å²) in [7, 11) is 3.75. The van der Waals surface area contributed by atoms with E-state index in [9.17, 15) is 0 Å². The molecule has 4 heteroatoms. The van der Waals surface area contributed by atoms with Gasteiger partial charge in [-0.15, -0.1) is 0 Å². The Balaban J connectivity index is 2.44. The van der Waals surface area contributed by atoms with Gasteiger partial charge in [-0.05, 0) is 36.8 Å². The minimum Gasteiger partial charge on any atom is -0.383 e. The molecular formula is C15H29N3O. The molecule has 0 aliphatic rings. The molecule has 1 aromatic rings. The van der Waals surface area contributed by atoms with Crippen LogP contribution in [0.3, 0.4) is 0 Å². The van der Waals surface area contributed by atoms with Crippen LogP contribution in [0.5, 0.6) is 0 Å². The third-order valence-corrected chi connectivity index (χ3v) is 3.77. The summed E-state index contributed by atoms with van der Waals surface area (Å²) in [6.45, 7) is 9.70. The summed E-state index contributed by atoms with van der Waals surface area (Å²) >= 11 is 0. The van der Waals surface area contributed by atoms with Crippen molar-refractivity contribution in [2.45, 2.75) is 33.6 Å². The van der Waals surface area contributed by atoms with Gasteiger partial charge in [-0.3, -0.25) is 4.68 Å². The zero-order valence-corrected chi connectivity index (χ0v) is 13.1.